The van der Waals surface area contributed by atoms with E-state index in [9.17, 15) is 5.11 Å². The van der Waals surface area contributed by atoms with E-state index in [1.165, 1.54) is 0 Å². The molecular weight excluding hydrogens is 300 g/mol. The Morgan fingerprint density at radius 1 is 0.958 bits per heavy atom. The van der Waals surface area contributed by atoms with Gasteiger partial charge in [0, 0.05) is 24.4 Å². The second kappa shape index (κ2) is 6.57. The number of rotatable bonds is 5. The smallest absolute Gasteiger partial charge is 0.125 e. The maximum atomic E-state index is 9.76. The molecule has 0 unspecified atom stereocenters. The van der Waals surface area contributed by atoms with E-state index in [4.69, 9.17) is 4.74 Å². The number of nitrogens with zero attached hydrogens (tertiary/aromatic N) is 2. The average Bonchev–Trinajstić information content (AvgIpc) is 2.54. The Morgan fingerprint density at radius 2 is 1.67 bits per heavy atom. The second-order valence-electron chi connectivity index (χ2n) is 6.65. The van der Waals surface area contributed by atoms with Crippen molar-refractivity contribution >= 4 is 10.8 Å². The summed E-state index contributed by atoms with van der Waals surface area (Å²) in [4.78, 5) is 8.51. The maximum Gasteiger partial charge on any atom is 0.125 e. The van der Waals surface area contributed by atoms with Crippen molar-refractivity contribution in [3.63, 3.8) is 0 Å². The van der Waals surface area contributed by atoms with Gasteiger partial charge in [-0.15, -0.1) is 0 Å². The summed E-state index contributed by atoms with van der Waals surface area (Å²) in [6, 6.07) is 12.3. The molecule has 0 saturated carbocycles. The zero-order valence-corrected chi connectivity index (χ0v) is 14.3. The quantitative estimate of drug-likeness (QED) is 0.767. The molecule has 0 atom stereocenters. The Morgan fingerprint density at radius 3 is 2.38 bits per heavy atom. The Hall–Kier alpha value is -2.46. The molecule has 124 valence electrons. The molecule has 4 nitrogen and oxygen atoms in total. The third kappa shape index (κ3) is 4.09. The number of fused-ring (bicyclic) bond motifs is 1. The van der Waals surface area contributed by atoms with Crippen LogP contribution in [0.25, 0.3) is 21.9 Å². The van der Waals surface area contributed by atoms with E-state index in [1.807, 2.05) is 37.5 Å². The predicted molar refractivity (Wildman–Crippen MR) is 96.1 cm³/mol. The van der Waals surface area contributed by atoms with Crippen molar-refractivity contribution in [1.29, 1.82) is 0 Å². The summed E-state index contributed by atoms with van der Waals surface area (Å²) in [5, 5.41) is 12.0. The predicted octanol–water partition coefficient (Wildman–Crippen LogP) is 4.15. The molecule has 2 aromatic carbocycles. The van der Waals surface area contributed by atoms with Gasteiger partial charge in [0.05, 0.1) is 12.2 Å². The number of aryl methyl sites for hydroxylation is 1. The molecule has 0 aliphatic carbocycles. The van der Waals surface area contributed by atoms with Gasteiger partial charge in [0.15, 0.2) is 0 Å². The zero-order valence-electron chi connectivity index (χ0n) is 14.3. The fourth-order valence-electron chi connectivity index (χ4n) is 2.45. The molecular formula is C20H22N2O2. The van der Waals surface area contributed by atoms with Crippen molar-refractivity contribution in [2.75, 3.05) is 6.61 Å². The highest BCUT2D eigenvalue weighted by Gasteiger charge is 2.12. The topological polar surface area (TPSA) is 55.2 Å². The van der Waals surface area contributed by atoms with E-state index in [-0.39, 0.29) is 0 Å². The van der Waals surface area contributed by atoms with Crippen LogP contribution in [0.5, 0.6) is 5.75 Å². The van der Waals surface area contributed by atoms with Crippen LogP contribution in [0.2, 0.25) is 0 Å². The fourth-order valence-corrected chi connectivity index (χ4v) is 2.45. The molecule has 0 bridgehead atoms. The molecule has 3 rings (SSSR count). The van der Waals surface area contributed by atoms with Crippen LogP contribution in [0.15, 0.2) is 48.8 Å². The molecule has 0 aliphatic heterocycles. The minimum absolute atomic E-state index is 0.487. The summed E-state index contributed by atoms with van der Waals surface area (Å²) < 4.78 is 5.77. The van der Waals surface area contributed by atoms with Gasteiger partial charge in [-0.25, -0.2) is 9.97 Å². The van der Waals surface area contributed by atoms with E-state index in [1.54, 1.807) is 13.8 Å². The van der Waals surface area contributed by atoms with Gasteiger partial charge in [-0.2, -0.15) is 0 Å². The first-order valence-electron chi connectivity index (χ1n) is 8.09. The van der Waals surface area contributed by atoms with Crippen LogP contribution in [0.3, 0.4) is 0 Å². The van der Waals surface area contributed by atoms with Gasteiger partial charge < -0.3 is 9.84 Å². The van der Waals surface area contributed by atoms with Crippen LogP contribution in [0.4, 0.5) is 0 Å². The van der Waals surface area contributed by atoms with Crippen molar-refractivity contribution in [3.8, 4) is 16.9 Å². The number of benzene rings is 2. The highest BCUT2D eigenvalue weighted by Crippen LogP contribution is 2.27. The van der Waals surface area contributed by atoms with E-state index in [0.717, 1.165) is 33.5 Å². The lowest BCUT2D eigenvalue weighted by atomic mass is 10.0. The van der Waals surface area contributed by atoms with Gasteiger partial charge in [-0.3, -0.25) is 0 Å². The third-order valence-electron chi connectivity index (χ3n) is 3.91. The van der Waals surface area contributed by atoms with Crippen LogP contribution < -0.4 is 4.74 Å². The summed E-state index contributed by atoms with van der Waals surface area (Å²) in [5.74, 6) is 1.58. The standard InChI is InChI=1S/C20H22N2O2/c1-14-21-12-18(13-22-14)16-5-4-15-6-7-19(11-17(15)10-16)24-9-8-20(2,3)23/h4-7,10-13,23H,8-9H2,1-3H3. The van der Waals surface area contributed by atoms with Gasteiger partial charge in [0.2, 0.25) is 0 Å². The van der Waals surface area contributed by atoms with Gasteiger partial charge >= 0.3 is 0 Å². The lowest BCUT2D eigenvalue weighted by Gasteiger charge is -2.17. The molecule has 3 aromatic rings. The van der Waals surface area contributed by atoms with Crippen molar-refractivity contribution < 1.29 is 9.84 Å². The first-order chi connectivity index (χ1) is 11.4. The van der Waals surface area contributed by atoms with Crippen molar-refractivity contribution in [2.24, 2.45) is 0 Å². The first kappa shape index (κ1) is 16.4. The Balaban J connectivity index is 1.84. The Kier molecular flexibility index (Phi) is 4.49. The number of aliphatic hydroxyl groups is 1. The van der Waals surface area contributed by atoms with Crippen LogP contribution in [-0.2, 0) is 0 Å². The van der Waals surface area contributed by atoms with Crippen LogP contribution >= 0.6 is 0 Å². The minimum Gasteiger partial charge on any atom is -0.493 e. The van der Waals surface area contributed by atoms with E-state index < -0.39 is 5.60 Å². The van der Waals surface area contributed by atoms with Crippen LogP contribution in [0, 0.1) is 6.92 Å². The Bertz CT molecular complexity index is 836. The molecule has 0 radical (unpaired) electrons. The van der Waals surface area contributed by atoms with E-state index in [2.05, 4.69) is 28.2 Å². The summed E-state index contributed by atoms with van der Waals surface area (Å²) in [6.07, 6.45) is 4.27. The zero-order chi connectivity index (χ0) is 17.2. The van der Waals surface area contributed by atoms with Crippen molar-refractivity contribution in [1.82, 2.24) is 9.97 Å². The third-order valence-corrected chi connectivity index (χ3v) is 3.91. The lowest BCUT2D eigenvalue weighted by molar-refractivity contribution is 0.0554. The fraction of sp³-hybridized carbons (Fsp3) is 0.300. The number of aromatic nitrogens is 2. The largest absolute Gasteiger partial charge is 0.493 e. The number of hydrogen-bond donors (Lipinski definition) is 1. The van der Waals surface area contributed by atoms with Crippen molar-refractivity contribution in [3.05, 3.63) is 54.6 Å². The SMILES string of the molecule is Cc1ncc(-c2ccc3ccc(OCCC(C)(C)O)cc3c2)cn1. The summed E-state index contributed by atoms with van der Waals surface area (Å²) >= 11 is 0. The Labute approximate surface area is 142 Å². The minimum atomic E-state index is -0.713. The molecule has 24 heavy (non-hydrogen) atoms. The summed E-state index contributed by atoms with van der Waals surface area (Å²) in [6.45, 7) is 5.93. The molecule has 1 N–H and O–H groups in total. The maximum absolute atomic E-state index is 9.76. The van der Waals surface area contributed by atoms with Crippen LogP contribution in [0.1, 0.15) is 26.1 Å². The van der Waals surface area contributed by atoms with Gasteiger partial charge in [-0.05, 0) is 55.3 Å². The highest BCUT2D eigenvalue weighted by molar-refractivity contribution is 5.88. The molecule has 0 spiro atoms. The molecule has 0 amide bonds. The number of hydrogen-bond acceptors (Lipinski definition) is 4. The van der Waals surface area contributed by atoms with Gasteiger partial charge in [0.25, 0.3) is 0 Å². The normalized spacial score (nSPS) is 11.7. The lowest BCUT2D eigenvalue weighted by Crippen LogP contribution is -2.21. The van der Waals surface area contributed by atoms with E-state index in [0.29, 0.717) is 13.0 Å². The molecule has 0 saturated heterocycles. The molecule has 1 aromatic heterocycles. The second-order valence-corrected chi connectivity index (χ2v) is 6.65. The summed E-state index contributed by atoms with van der Waals surface area (Å²) in [5.41, 5.74) is 1.36. The van der Waals surface area contributed by atoms with Crippen molar-refractivity contribution in [2.45, 2.75) is 32.8 Å². The average molecular weight is 322 g/mol. The molecule has 0 fully saturated rings. The molecule has 0 aliphatic rings. The highest BCUT2D eigenvalue weighted by atomic mass is 16.5. The van der Waals surface area contributed by atoms with Gasteiger partial charge in [-0.1, -0.05) is 18.2 Å². The molecule has 1 heterocycles. The molecule has 4 heteroatoms. The van der Waals surface area contributed by atoms with E-state index >= 15 is 0 Å². The van der Waals surface area contributed by atoms with Crippen LogP contribution in [-0.4, -0.2) is 27.3 Å². The van der Waals surface area contributed by atoms with Gasteiger partial charge in [0.1, 0.15) is 11.6 Å². The first-order valence-corrected chi connectivity index (χ1v) is 8.09. The summed E-state index contributed by atoms with van der Waals surface area (Å²) in [7, 11) is 0. The number of ether oxygens (including phenoxy) is 1. The monoisotopic (exact) mass is 322 g/mol.